The lowest BCUT2D eigenvalue weighted by Crippen LogP contribution is -2.49. The standard InChI is InChI=1S/C26H26N4O/c1-18-24(19(2)30(28-18)22-12-4-3-5-13-22)25-26(31)27-15-16-29(25)17-21-11-8-10-20-9-6-7-14-23(20)21/h3-14,25H,15-17H2,1-2H3,(H,27,31)/t25-/m0/s1. The van der Waals surface area contributed by atoms with Gasteiger partial charge in [-0.15, -0.1) is 0 Å². The second kappa shape index (κ2) is 8.00. The van der Waals surface area contributed by atoms with Gasteiger partial charge in [-0.2, -0.15) is 5.10 Å². The molecule has 1 aromatic heterocycles. The van der Waals surface area contributed by atoms with Crippen LogP contribution in [0, 0.1) is 13.8 Å². The van der Waals surface area contributed by atoms with E-state index in [1.807, 2.05) is 41.9 Å². The third-order valence-corrected chi connectivity index (χ3v) is 6.19. The van der Waals surface area contributed by atoms with Crippen LogP contribution in [-0.2, 0) is 11.3 Å². The molecule has 0 bridgehead atoms. The number of hydrogen-bond acceptors (Lipinski definition) is 3. The first-order valence-electron chi connectivity index (χ1n) is 10.7. The van der Waals surface area contributed by atoms with Crippen LogP contribution in [0.25, 0.3) is 16.5 Å². The Morgan fingerprint density at radius 2 is 1.71 bits per heavy atom. The first-order valence-corrected chi connectivity index (χ1v) is 10.7. The Kier molecular flexibility index (Phi) is 5.04. The molecule has 0 unspecified atom stereocenters. The molecule has 5 rings (SSSR count). The van der Waals surface area contributed by atoms with E-state index >= 15 is 0 Å². The van der Waals surface area contributed by atoms with Crippen molar-refractivity contribution in [3.05, 3.63) is 95.3 Å². The van der Waals surface area contributed by atoms with Gasteiger partial charge in [0.2, 0.25) is 5.91 Å². The Balaban J connectivity index is 1.56. The highest BCUT2D eigenvalue weighted by atomic mass is 16.2. The predicted octanol–water partition coefficient (Wildman–Crippen LogP) is 4.32. The van der Waals surface area contributed by atoms with Crippen molar-refractivity contribution in [3.63, 3.8) is 0 Å². The van der Waals surface area contributed by atoms with Gasteiger partial charge in [-0.1, -0.05) is 60.7 Å². The van der Waals surface area contributed by atoms with Crippen LogP contribution in [0.3, 0.4) is 0 Å². The van der Waals surface area contributed by atoms with Gasteiger partial charge in [-0.25, -0.2) is 4.68 Å². The summed E-state index contributed by atoms with van der Waals surface area (Å²) in [5.74, 6) is 0.0466. The highest BCUT2D eigenvalue weighted by molar-refractivity contribution is 5.86. The van der Waals surface area contributed by atoms with E-state index < -0.39 is 0 Å². The number of carbonyl (C=O) groups excluding carboxylic acids is 1. The SMILES string of the molecule is Cc1nn(-c2ccccc2)c(C)c1[C@H]1C(=O)NCCN1Cc1cccc2ccccc12. The second-order valence-corrected chi connectivity index (χ2v) is 8.13. The van der Waals surface area contributed by atoms with Gasteiger partial charge in [-0.05, 0) is 42.3 Å². The lowest BCUT2D eigenvalue weighted by Gasteiger charge is -2.35. The number of aromatic nitrogens is 2. The molecule has 1 N–H and O–H groups in total. The average molecular weight is 411 g/mol. The van der Waals surface area contributed by atoms with E-state index in [9.17, 15) is 4.79 Å². The zero-order valence-electron chi connectivity index (χ0n) is 17.9. The lowest BCUT2D eigenvalue weighted by atomic mass is 9.98. The minimum Gasteiger partial charge on any atom is -0.353 e. The molecule has 0 saturated carbocycles. The third kappa shape index (κ3) is 3.51. The summed E-state index contributed by atoms with van der Waals surface area (Å²) >= 11 is 0. The van der Waals surface area contributed by atoms with Crippen LogP contribution in [0.1, 0.15) is 28.6 Å². The molecule has 5 heteroatoms. The van der Waals surface area contributed by atoms with E-state index in [4.69, 9.17) is 5.10 Å². The summed E-state index contributed by atoms with van der Waals surface area (Å²) in [7, 11) is 0. The number of rotatable bonds is 4. The summed E-state index contributed by atoms with van der Waals surface area (Å²) in [5, 5.41) is 10.3. The molecule has 1 atom stereocenters. The number of aryl methyl sites for hydroxylation is 1. The number of para-hydroxylation sites is 1. The number of hydrogen-bond donors (Lipinski definition) is 1. The second-order valence-electron chi connectivity index (χ2n) is 8.13. The average Bonchev–Trinajstić information content (AvgIpc) is 3.09. The van der Waals surface area contributed by atoms with E-state index in [-0.39, 0.29) is 11.9 Å². The molecule has 1 fully saturated rings. The Labute approximate surface area is 182 Å². The molecule has 0 radical (unpaired) electrons. The molecule has 0 aliphatic carbocycles. The normalized spacial score (nSPS) is 17.1. The van der Waals surface area contributed by atoms with Gasteiger partial charge >= 0.3 is 0 Å². The largest absolute Gasteiger partial charge is 0.353 e. The number of piperazine rings is 1. The Hall–Kier alpha value is -3.44. The van der Waals surface area contributed by atoms with Crippen molar-refractivity contribution in [2.75, 3.05) is 13.1 Å². The summed E-state index contributed by atoms with van der Waals surface area (Å²) in [6.07, 6.45) is 0. The Bertz CT molecular complexity index is 1240. The van der Waals surface area contributed by atoms with Gasteiger partial charge in [0.25, 0.3) is 0 Å². The van der Waals surface area contributed by atoms with E-state index in [0.29, 0.717) is 6.54 Å². The number of benzene rings is 3. The molecule has 0 spiro atoms. The van der Waals surface area contributed by atoms with E-state index in [2.05, 4.69) is 59.6 Å². The molecule has 5 nitrogen and oxygen atoms in total. The number of amides is 1. The molecular weight excluding hydrogens is 384 g/mol. The van der Waals surface area contributed by atoms with Crippen molar-refractivity contribution in [1.29, 1.82) is 0 Å². The van der Waals surface area contributed by atoms with E-state index in [0.717, 1.165) is 35.7 Å². The Morgan fingerprint density at radius 3 is 2.55 bits per heavy atom. The highest BCUT2D eigenvalue weighted by Crippen LogP contribution is 2.32. The van der Waals surface area contributed by atoms with Crippen LogP contribution in [0.15, 0.2) is 72.8 Å². The van der Waals surface area contributed by atoms with Crippen molar-refractivity contribution in [1.82, 2.24) is 20.0 Å². The van der Waals surface area contributed by atoms with Crippen LogP contribution >= 0.6 is 0 Å². The first-order chi connectivity index (χ1) is 15.1. The van der Waals surface area contributed by atoms with Crippen molar-refractivity contribution in [2.45, 2.75) is 26.4 Å². The third-order valence-electron chi connectivity index (χ3n) is 6.19. The number of nitrogens with zero attached hydrogens (tertiary/aromatic N) is 3. The zero-order valence-corrected chi connectivity index (χ0v) is 17.9. The monoisotopic (exact) mass is 410 g/mol. The molecule has 4 aromatic rings. The maximum absolute atomic E-state index is 13.1. The lowest BCUT2D eigenvalue weighted by molar-refractivity contribution is -0.129. The molecule has 3 aromatic carbocycles. The quantitative estimate of drug-likeness (QED) is 0.545. The van der Waals surface area contributed by atoms with Crippen molar-refractivity contribution in [2.24, 2.45) is 0 Å². The number of carbonyl (C=O) groups is 1. The topological polar surface area (TPSA) is 50.2 Å². The molecular formula is C26H26N4O. The Morgan fingerprint density at radius 1 is 0.968 bits per heavy atom. The summed E-state index contributed by atoms with van der Waals surface area (Å²) in [4.78, 5) is 15.4. The van der Waals surface area contributed by atoms with Crippen LogP contribution in [0.5, 0.6) is 0 Å². The maximum atomic E-state index is 13.1. The first kappa shape index (κ1) is 19.5. The van der Waals surface area contributed by atoms with Gasteiger partial charge in [0.15, 0.2) is 0 Å². The van der Waals surface area contributed by atoms with Crippen LogP contribution < -0.4 is 5.32 Å². The van der Waals surface area contributed by atoms with Crippen LogP contribution in [0.2, 0.25) is 0 Å². The van der Waals surface area contributed by atoms with Crippen LogP contribution in [0.4, 0.5) is 0 Å². The molecule has 2 heterocycles. The fraction of sp³-hybridized carbons (Fsp3) is 0.231. The zero-order chi connectivity index (χ0) is 21.4. The van der Waals surface area contributed by atoms with E-state index in [1.54, 1.807) is 0 Å². The molecule has 1 aliphatic rings. The predicted molar refractivity (Wildman–Crippen MR) is 123 cm³/mol. The van der Waals surface area contributed by atoms with Gasteiger partial charge in [0.05, 0.1) is 11.4 Å². The van der Waals surface area contributed by atoms with Gasteiger partial charge in [0, 0.05) is 30.9 Å². The van der Waals surface area contributed by atoms with E-state index in [1.165, 1.54) is 16.3 Å². The number of nitrogens with one attached hydrogen (secondary N) is 1. The van der Waals surface area contributed by atoms with Gasteiger partial charge < -0.3 is 5.32 Å². The summed E-state index contributed by atoms with van der Waals surface area (Å²) in [6.45, 7) is 6.23. The van der Waals surface area contributed by atoms with Crippen molar-refractivity contribution in [3.8, 4) is 5.69 Å². The smallest absolute Gasteiger partial charge is 0.242 e. The van der Waals surface area contributed by atoms with Crippen molar-refractivity contribution < 1.29 is 4.79 Å². The fourth-order valence-corrected chi connectivity index (χ4v) is 4.72. The fourth-order valence-electron chi connectivity index (χ4n) is 4.72. The van der Waals surface area contributed by atoms with Gasteiger partial charge in [0.1, 0.15) is 6.04 Å². The summed E-state index contributed by atoms with van der Waals surface area (Å²) in [6, 6.07) is 24.6. The maximum Gasteiger partial charge on any atom is 0.242 e. The molecule has 1 saturated heterocycles. The molecule has 1 aliphatic heterocycles. The van der Waals surface area contributed by atoms with Gasteiger partial charge in [-0.3, -0.25) is 9.69 Å². The number of fused-ring (bicyclic) bond motifs is 1. The van der Waals surface area contributed by atoms with Crippen molar-refractivity contribution >= 4 is 16.7 Å². The molecule has 156 valence electrons. The summed E-state index contributed by atoms with van der Waals surface area (Å²) < 4.78 is 1.95. The van der Waals surface area contributed by atoms with Crippen LogP contribution in [-0.4, -0.2) is 33.7 Å². The summed E-state index contributed by atoms with van der Waals surface area (Å²) in [5.41, 5.74) is 5.15. The highest BCUT2D eigenvalue weighted by Gasteiger charge is 2.35. The molecule has 31 heavy (non-hydrogen) atoms. The molecule has 1 amide bonds. The minimum atomic E-state index is -0.356. The minimum absolute atomic E-state index is 0.0466.